The number of likely N-dealkylation sites (N-methyl/N-ethyl adjacent to an activating group) is 1. The van der Waals surface area contributed by atoms with E-state index in [1.165, 1.54) is 0 Å². The highest BCUT2D eigenvalue weighted by atomic mass is 32.2. The number of thioether (sulfide) groups is 1. The van der Waals surface area contributed by atoms with Crippen LogP contribution in [0.25, 0.3) is 0 Å². The molecular weight excluding hydrogens is 198 g/mol. The summed E-state index contributed by atoms with van der Waals surface area (Å²) in [5, 5.41) is 8.77. The van der Waals surface area contributed by atoms with Crippen LogP contribution in [0.15, 0.2) is 11.6 Å². The molecule has 1 N–H and O–H groups in total. The second kappa shape index (κ2) is 7.88. The Morgan fingerprint density at radius 2 is 2.21 bits per heavy atom. The molecule has 0 unspecified atom stereocenters. The van der Waals surface area contributed by atoms with Crippen LogP contribution in [-0.4, -0.2) is 48.1 Å². The first kappa shape index (κ1) is 13.5. The average Bonchev–Trinajstić information content (AvgIpc) is 2.15. The summed E-state index contributed by atoms with van der Waals surface area (Å²) in [4.78, 5) is 12.8. The molecule has 0 saturated heterocycles. The summed E-state index contributed by atoms with van der Waals surface area (Å²) in [6, 6.07) is 0. The van der Waals surface area contributed by atoms with Crippen LogP contribution in [0, 0.1) is 0 Å². The highest BCUT2D eigenvalue weighted by Gasteiger charge is 2.03. The van der Waals surface area contributed by atoms with Gasteiger partial charge in [-0.2, -0.15) is 11.8 Å². The maximum atomic E-state index is 10.7. The Morgan fingerprint density at radius 3 is 2.64 bits per heavy atom. The Balaban J connectivity index is 3.92. The third-order valence-corrected chi connectivity index (χ3v) is 2.57. The lowest BCUT2D eigenvalue weighted by atomic mass is 10.2. The van der Waals surface area contributed by atoms with Crippen molar-refractivity contribution in [2.75, 3.05) is 32.1 Å². The second-order valence-electron chi connectivity index (χ2n) is 3.14. The van der Waals surface area contributed by atoms with Gasteiger partial charge < -0.3 is 10.0 Å². The molecule has 0 radical (unpaired) electrons. The molecule has 0 heterocycles. The van der Waals surface area contributed by atoms with E-state index >= 15 is 0 Å². The first-order valence-electron chi connectivity index (χ1n) is 4.71. The van der Waals surface area contributed by atoms with Crippen molar-refractivity contribution in [3.05, 3.63) is 11.6 Å². The van der Waals surface area contributed by atoms with Gasteiger partial charge >= 0.3 is 5.97 Å². The van der Waals surface area contributed by atoms with Gasteiger partial charge in [0.15, 0.2) is 0 Å². The Hall–Kier alpha value is -0.480. The second-order valence-corrected chi connectivity index (χ2v) is 4.13. The standard InChI is InChI=1S/C10H19NO2S/c1-4-9(10(12)13)5-6-11(2)7-8-14-3/h5H,4,6-8H2,1-3H3,(H,12,13). The lowest BCUT2D eigenvalue weighted by Crippen LogP contribution is -2.21. The van der Waals surface area contributed by atoms with Gasteiger partial charge in [0.2, 0.25) is 0 Å². The van der Waals surface area contributed by atoms with E-state index in [1.54, 1.807) is 17.8 Å². The van der Waals surface area contributed by atoms with Gasteiger partial charge in [0.1, 0.15) is 0 Å². The van der Waals surface area contributed by atoms with Gasteiger partial charge in [-0.05, 0) is 19.7 Å². The molecule has 0 rings (SSSR count). The number of carbonyl (C=O) groups is 1. The van der Waals surface area contributed by atoms with E-state index in [1.807, 2.05) is 14.0 Å². The van der Waals surface area contributed by atoms with Gasteiger partial charge in [-0.3, -0.25) is 0 Å². The number of carboxylic acid groups (broad SMARTS) is 1. The number of hydrogen-bond donors (Lipinski definition) is 1. The minimum absolute atomic E-state index is 0.501. The molecule has 4 heteroatoms. The maximum absolute atomic E-state index is 10.7. The molecule has 82 valence electrons. The SMILES string of the molecule is CCC(=CCN(C)CCSC)C(=O)O. The molecule has 0 aromatic heterocycles. The molecule has 0 aromatic carbocycles. The first-order chi connectivity index (χ1) is 6.61. The van der Waals surface area contributed by atoms with Gasteiger partial charge in [0.05, 0.1) is 0 Å². The quantitative estimate of drug-likeness (QED) is 0.659. The van der Waals surface area contributed by atoms with Crippen molar-refractivity contribution < 1.29 is 9.90 Å². The molecule has 0 bridgehead atoms. The number of hydrogen-bond acceptors (Lipinski definition) is 3. The van der Waals surface area contributed by atoms with Crippen molar-refractivity contribution in [2.45, 2.75) is 13.3 Å². The molecular formula is C10H19NO2S. The van der Waals surface area contributed by atoms with Crippen molar-refractivity contribution >= 4 is 17.7 Å². The average molecular weight is 217 g/mol. The lowest BCUT2D eigenvalue weighted by molar-refractivity contribution is -0.132. The topological polar surface area (TPSA) is 40.5 Å². The van der Waals surface area contributed by atoms with E-state index in [0.717, 1.165) is 18.8 Å². The van der Waals surface area contributed by atoms with E-state index in [0.29, 0.717) is 12.0 Å². The van der Waals surface area contributed by atoms with Crippen LogP contribution in [0.1, 0.15) is 13.3 Å². The smallest absolute Gasteiger partial charge is 0.331 e. The summed E-state index contributed by atoms with van der Waals surface area (Å²) in [7, 11) is 2.00. The fourth-order valence-electron chi connectivity index (χ4n) is 0.987. The van der Waals surface area contributed by atoms with Crippen molar-refractivity contribution in [1.29, 1.82) is 0 Å². The molecule has 0 saturated carbocycles. The van der Waals surface area contributed by atoms with E-state index in [4.69, 9.17) is 5.11 Å². The van der Waals surface area contributed by atoms with Crippen LogP contribution in [0.5, 0.6) is 0 Å². The van der Waals surface area contributed by atoms with E-state index in [9.17, 15) is 4.79 Å². The number of rotatable bonds is 7. The predicted octanol–water partition coefficient (Wildman–Crippen LogP) is 1.70. The molecule has 0 aromatic rings. The molecule has 0 aliphatic carbocycles. The molecule has 0 aliphatic rings. The maximum Gasteiger partial charge on any atom is 0.331 e. The molecule has 0 spiro atoms. The Morgan fingerprint density at radius 1 is 1.57 bits per heavy atom. The van der Waals surface area contributed by atoms with Crippen LogP contribution >= 0.6 is 11.8 Å². The first-order valence-corrected chi connectivity index (χ1v) is 6.11. The van der Waals surface area contributed by atoms with Gasteiger partial charge in [0, 0.05) is 24.4 Å². The summed E-state index contributed by atoms with van der Waals surface area (Å²) >= 11 is 1.80. The number of nitrogens with zero attached hydrogens (tertiary/aromatic N) is 1. The van der Waals surface area contributed by atoms with Crippen LogP contribution < -0.4 is 0 Å². The van der Waals surface area contributed by atoms with E-state index in [-0.39, 0.29) is 0 Å². The zero-order chi connectivity index (χ0) is 11.0. The normalized spacial score (nSPS) is 12.1. The fourth-order valence-corrected chi connectivity index (χ4v) is 1.48. The Bertz CT molecular complexity index is 204. The van der Waals surface area contributed by atoms with Gasteiger partial charge in [-0.15, -0.1) is 0 Å². The van der Waals surface area contributed by atoms with Crippen molar-refractivity contribution in [2.24, 2.45) is 0 Å². The van der Waals surface area contributed by atoms with Crippen molar-refractivity contribution in [3.63, 3.8) is 0 Å². The minimum atomic E-state index is -0.800. The number of carboxylic acids is 1. The summed E-state index contributed by atoms with van der Waals surface area (Å²) in [5.41, 5.74) is 0.501. The molecule has 0 fully saturated rings. The van der Waals surface area contributed by atoms with Crippen LogP contribution in [0.4, 0.5) is 0 Å². The Labute approximate surface area is 90.2 Å². The van der Waals surface area contributed by atoms with Gasteiger partial charge in [0.25, 0.3) is 0 Å². The molecule has 3 nitrogen and oxygen atoms in total. The summed E-state index contributed by atoms with van der Waals surface area (Å²) in [5.74, 6) is 0.282. The highest BCUT2D eigenvalue weighted by Crippen LogP contribution is 2.01. The molecule has 0 amide bonds. The van der Waals surface area contributed by atoms with Crippen LogP contribution in [0.2, 0.25) is 0 Å². The van der Waals surface area contributed by atoms with E-state index < -0.39 is 5.97 Å². The minimum Gasteiger partial charge on any atom is -0.478 e. The largest absolute Gasteiger partial charge is 0.478 e. The van der Waals surface area contributed by atoms with E-state index in [2.05, 4.69) is 11.2 Å². The summed E-state index contributed by atoms with van der Waals surface area (Å²) in [6.45, 7) is 3.58. The fraction of sp³-hybridized carbons (Fsp3) is 0.700. The van der Waals surface area contributed by atoms with Crippen LogP contribution in [-0.2, 0) is 4.79 Å². The Kier molecular flexibility index (Phi) is 7.61. The van der Waals surface area contributed by atoms with Crippen molar-refractivity contribution in [3.8, 4) is 0 Å². The predicted molar refractivity (Wildman–Crippen MR) is 61.9 cm³/mol. The highest BCUT2D eigenvalue weighted by molar-refractivity contribution is 7.98. The van der Waals surface area contributed by atoms with Crippen LogP contribution in [0.3, 0.4) is 0 Å². The van der Waals surface area contributed by atoms with Gasteiger partial charge in [-0.1, -0.05) is 13.0 Å². The summed E-state index contributed by atoms with van der Waals surface area (Å²) < 4.78 is 0. The third kappa shape index (κ3) is 6.05. The lowest BCUT2D eigenvalue weighted by Gasteiger charge is -2.13. The molecule has 14 heavy (non-hydrogen) atoms. The molecule has 0 atom stereocenters. The van der Waals surface area contributed by atoms with Crippen molar-refractivity contribution in [1.82, 2.24) is 4.90 Å². The monoisotopic (exact) mass is 217 g/mol. The number of aliphatic carboxylic acids is 1. The van der Waals surface area contributed by atoms with Gasteiger partial charge in [-0.25, -0.2) is 4.79 Å². The zero-order valence-corrected chi connectivity index (χ0v) is 9.93. The summed E-state index contributed by atoms with van der Waals surface area (Å²) in [6.07, 6.45) is 4.45. The third-order valence-electron chi connectivity index (χ3n) is 1.98. The zero-order valence-electron chi connectivity index (χ0n) is 9.12. The molecule has 0 aliphatic heterocycles.